The molecule has 7 heteroatoms. The Kier molecular flexibility index (Phi) is 8.30. The van der Waals surface area contributed by atoms with E-state index in [0.717, 1.165) is 0 Å². The molecule has 3 N–H and O–H groups in total. The van der Waals surface area contributed by atoms with Gasteiger partial charge in [-0.25, -0.2) is 0 Å². The van der Waals surface area contributed by atoms with Crippen LogP contribution in [0.4, 0.5) is 11.4 Å². The van der Waals surface area contributed by atoms with Gasteiger partial charge >= 0.3 is 0 Å². The minimum atomic E-state index is -0.213. The van der Waals surface area contributed by atoms with Crippen LogP contribution in [0.5, 0.6) is 5.75 Å². The van der Waals surface area contributed by atoms with Gasteiger partial charge in [0.2, 0.25) is 5.91 Å². The SMILES string of the molecule is COCCNC(=O)c1cccc(NCC(=O)Nc2ccccc2OC(C)C)c1. The Morgan fingerprint density at radius 3 is 2.61 bits per heavy atom. The summed E-state index contributed by atoms with van der Waals surface area (Å²) in [4.78, 5) is 24.4. The highest BCUT2D eigenvalue weighted by Crippen LogP contribution is 2.24. The summed E-state index contributed by atoms with van der Waals surface area (Å²) in [5, 5.41) is 8.63. The van der Waals surface area contributed by atoms with Crippen molar-refractivity contribution in [1.29, 1.82) is 0 Å². The van der Waals surface area contributed by atoms with Crippen molar-refractivity contribution < 1.29 is 19.1 Å². The average Bonchev–Trinajstić information content (AvgIpc) is 2.68. The number of para-hydroxylation sites is 2. The number of nitrogens with one attached hydrogen (secondary N) is 3. The van der Waals surface area contributed by atoms with Crippen molar-refractivity contribution in [1.82, 2.24) is 5.32 Å². The van der Waals surface area contributed by atoms with E-state index in [-0.39, 0.29) is 24.5 Å². The number of amides is 2. The van der Waals surface area contributed by atoms with E-state index in [1.165, 1.54) is 0 Å². The molecular formula is C21H27N3O4. The van der Waals surface area contributed by atoms with Gasteiger partial charge in [0.1, 0.15) is 5.75 Å². The van der Waals surface area contributed by atoms with E-state index >= 15 is 0 Å². The molecule has 2 aromatic carbocycles. The summed E-state index contributed by atoms with van der Waals surface area (Å²) in [5.74, 6) is 0.222. The third-order valence-electron chi connectivity index (χ3n) is 3.69. The zero-order valence-electron chi connectivity index (χ0n) is 16.5. The van der Waals surface area contributed by atoms with Gasteiger partial charge in [-0.15, -0.1) is 0 Å². The van der Waals surface area contributed by atoms with Gasteiger partial charge in [0.25, 0.3) is 5.91 Å². The van der Waals surface area contributed by atoms with Crippen molar-refractivity contribution in [3.8, 4) is 5.75 Å². The normalized spacial score (nSPS) is 10.4. The summed E-state index contributed by atoms with van der Waals surface area (Å²) in [7, 11) is 1.58. The van der Waals surface area contributed by atoms with Crippen molar-refractivity contribution in [3.05, 3.63) is 54.1 Å². The van der Waals surface area contributed by atoms with Gasteiger partial charge < -0.3 is 25.4 Å². The fourth-order valence-electron chi connectivity index (χ4n) is 2.44. The fourth-order valence-corrected chi connectivity index (χ4v) is 2.44. The molecule has 0 aliphatic carbocycles. The number of hydrogen-bond acceptors (Lipinski definition) is 5. The molecule has 150 valence electrons. The Balaban J connectivity index is 1.91. The largest absolute Gasteiger partial charge is 0.489 e. The van der Waals surface area contributed by atoms with E-state index in [0.29, 0.717) is 35.8 Å². The molecule has 0 aromatic heterocycles. The van der Waals surface area contributed by atoms with Crippen LogP contribution < -0.4 is 20.7 Å². The molecule has 2 rings (SSSR count). The van der Waals surface area contributed by atoms with Gasteiger partial charge in [-0.2, -0.15) is 0 Å². The smallest absolute Gasteiger partial charge is 0.251 e. The first-order chi connectivity index (χ1) is 13.5. The lowest BCUT2D eigenvalue weighted by Crippen LogP contribution is -2.27. The number of methoxy groups -OCH3 is 1. The highest BCUT2D eigenvalue weighted by atomic mass is 16.5. The minimum Gasteiger partial charge on any atom is -0.489 e. The molecule has 0 spiro atoms. The molecule has 0 atom stereocenters. The average molecular weight is 385 g/mol. The van der Waals surface area contributed by atoms with Crippen molar-refractivity contribution in [3.63, 3.8) is 0 Å². The van der Waals surface area contributed by atoms with Crippen LogP contribution in [0.25, 0.3) is 0 Å². The standard InChI is InChI=1S/C21H27N3O4/c1-15(2)28-19-10-5-4-9-18(19)24-20(25)14-23-17-8-6-7-16(13-17)21(26)22-11-12-27-3/h4-10,13,15,23H,11-12,14H2,1-3H3,(H,22,26)(H,24,25). The summed E-state index contributed by atoms with van der Waals surface area (Å²) < 4.78 is 10.6. The van der Waals surface area contributed by atoms with Gasteiger partial charge in [0.15, 0.2) is 0 Å². The van der Waals surface area contributed by atoms with Crippen LogP contribution in [0.3, 0.4) is 0 Å². The summed E-state index contributed by atoms with van der Waals surface area (Å²) in [5.41, 5.74) is 1.81. The number of rotatable bonds is 10. The minimum absolute atomic E-state index is 0.00829. The van der Waals surface area contributed by atoms with E-state index in [2.05, 4.69) is 16.0 Å². The Morgan fingerprint density at radius 1 is 1.07 bits per heavy atom. The molecule has 0 aliphatic heterocycles. The maximum Gasteiger partial charge on any atom is 0.251 e. The molecule has 0 bridgehead atoms. The molecule has 28 heavy (non-hydrogen) atoms. The second-order valence-electron chi connectivity index (χ2n) is 6.39. The van der Waals surface area contributed by atoms with Crippen molar-refractivity contribution in [2.24, 2.45) is 0 Å². The zero-order chi connectivity index (χ0) is 20.4. The molecule has 0 heterocycles. The Morgan fingerprint density at radius 2 is 1.86 bits per heavy atom. The highest BCUT2D eigenvalue weighted by molar-refractivity contribution is 5.96. The van der Waals surface area contributed by atoms with Gasteiger partial charge in [0, 0.05) is 24.9 Å². The number of anilines is 2. The van der Waals surface area contributed by atoms with Crippen LogP contribution in [-0.4, -0.2) is 44.7 Å². The molecule has 0 saturated carbocycles. The van der Waals surface area contributed by atoms with E-state index in [1.54, 1.807) is 37.4 Å². The predicted molar refractivity (Wildman–Crippen MR) is 110 cm³/mol. The Hall–Kier alpha value is -3.06. The van der Waals surface area contributed by atoms with Crippen LogP contribution in [0.15, 0.2) is 48.5 Å². The molecule has 2 aromatic rings. The molecule has 0 saturated heterocycles. The zero-order valence-corrected chi connectivity index (χ0v) is 16.5. The van der Waals surface area contributed by atoms with Crippen LogP contribution in [0, 0.1) is 0 Å². The maximum absolute atomic E-state index is 12.3. The van der Waals surface area contributed by atoms with Gasteiger partial charge in [-0.05, 0) is 44.2 Å². The first kappa shape index (κ1) is 21.2. The molecule has 0 unspecified atom stereocenters. The quantitative estimate of drug-likeness (QED) is 0.547. The van der Waals surface area contributed by atoms with E-state index in [4.69, 9.17) is 9.47 Å². The fraction of sp³-hybridized carbons (Fsp3) is 0.333. The van der Waals surface area contributed by atoms with Crippen LogP contribution in [0.2, 0.25) is 0 Å². The second-order valence-corrected chi connectivity index (χ2v) is 6.39. The lowest BCUT2D eigenvalue weighted by Gasteiger charge is -2.15. The van der Waals surface area contributed by atoms with Crippen molar-refractivity contribution in [2.45, 2.75) is 20.0 Å². The molecule has 7 nitrogen and oxygen atoms in total. The molecule has 0 radical (unpaired) electrons. The summed E-state index contributed by atoms with van der Waals surface area (Å²) >= 11 is 0. The van der Waals surface area contributed by atoms with Gasteiger partial charge in [0.05, 0.1) is 24.9 Å². The first-order valence-corrected chi connectivity index (χ1v) is 9.16. The number of carbonyl (C=O) groups is 2. The number of benzene rings is 2. The molecular weight excluding hydrogens is 358 g/mol. The number of hydrogen-bond donors (Lipinski definition) is 3. The Bertz CT molecular complexity index is 793. The van der Waals surface area contributed by atoms with Crippen molar-refractivity contribution >= 4 is 23.2 Å². The van der Waals surface area contributed by atoms with Crippen LogP contribution in [0.1, 0.15) is 24.2 Å². The summed E-state index contributed by atoms with van der Waals surface area (Å²) in [6, 6.07) is 14.3. The van der Waals surface area contributed by atoms with E-state index in [9.17, 15) is 9.59 Å². The predicted octanol–water partition coefficient (Wildman–Crippen LogP) is 2.90. The lowest BCUT2D eigenvalue weighted by atomic mass is 10.2. The van der Waals surface area contributed by atoms with Crippen LogP contribution in [-0.2, 0) is 9.53 Å². The van der Waals surface area contributed by atoms with Gasteiger partial charge in [-0.3, -0.25) is 9.59 Å². The Labute approximate surface area is 165 Å². The maximum atomic E-state index is 12.3. The highest BCUT2D eigenvalue weighted by Gasteiger charge is 2.10. The third kappa shape index (κ3) is 6.92. The lowest BCUT2D eigenvalue weighted by molar-refractivity contribution is -0.114. The van der Waals surface area contributed by atoms with E-state index < -0.39 is 0 Å². The molecule has 0 fully saturated rings. The number of ether oxygens (including phenoxy) is 2. The van der Waals surface area contributed by atoms with Crippen molar-refractivity contribution in [2.75, 3.05) is 37.4 Å². The third-order valence-corrected chi connectivity index (χ3v) is 3.69. The number of carbonyl (C=O) groups excluding carboxylic acids is 2. The second kappa shape index (κ2) is 10.9. The summed E-state index contributed by atoms with van der Waals surface area (Å²) in [6.07, 6.45) is 0.00829. The topological polar surface area (TPSA) is 88.7 Å². The monoisotopic (exact) mass is 385 g/mol. The summed E-state index contributed by atoms with van der Waals surface area (Å²) in [6.45, 7) is 4.81. The van der Waals surface area contributed by atoms with Gasteiger partial charge in [-0.1, -0.05) is 18.2 Å². The molecule has 0 aliphatic rings. The molecule has 2 amide bonds. The van der Waals surface area contributed by atoms with E-state index in [1.807, 2.05) is 32.0 Å². The first-order valence-electron chi connectivity index (χ1n) is 9.16. The van der Waals surface area contributed by atoms with Crippen LogP contribution >= 0.6 is 0 Å².